The van der Waals surface area contributed by atoms with E-state index in [1.54, 1.807) is 30.1 Å². The normalized spacial score (nSPS) is 24.8. The average molecular weight is 338 g/mol. The monoisotopic (exact) mass is 338 g/mol. The number of carbonyl (C=O) groups excluding carboxylic acids is 1. The Morgan fingerprint density at radius 2 is 2.00 bits per heavy atom. The third kappa shape index (κ3) is 2.66. The van der Waals surface area contributed by atoms with Crippen molar-refractivity contribution in [2.24, 2.45) is 0 Å². The Morgan fingerprint density at radius 3 is 2.70 bits per heavy atom. The second-order valence-electron chi connectivity index (χ2n) is 6.89. The first-order valence-corrected chi connectivity index (χ1v) is 9.11. The molecule has 0 spiro atoms. The number of nitrogens with zero attached hydrogens (tertiary/aromatic N) is 2. The molecular weight excluding hydrogens is 316 g/mol. The van der Waals surface area contributed by atoms with Gasteiger partial charge in [0, 0.05) is 19.3 Å². The number of sulfonamides is 1. The van der Waals surface area contributed by atoms with Crippen LogP contribution in [0.25, 0.3) is 0 Å². The van der Waals surface area contributed by atoms with Crippen molar-refractivity contribution >= 4 is 21.6 Å². The molecule has 2 heterocycles. The standard InChI is InChI=1S/C16H22N2O4S/c1-11-9-18(16(2,3)10-22-11)23(20,21)13-5-6-14-12(7-13)8-15(19)17(14)4/h5-7,11H,8-10H2,1-4H3/t11-/m0/s1. The first-order valence-electron chi connectivity index (χ1n) is 7.67. The van der Waals surface area contributed by atoms with Crippen LogP contribution in [-0.4, -0.2) is 50.5 Å². The van der Waals surface area contributed by atoms with E-state index in [4.69, 9.17) is 4.74 Å². The average Bonchev–Trinajstić information content (AvgIpc) is 2.76. The molecule has 6 nitrogen and oxygen atoms in total. The predicted octanol–water partition coefficient (Wildman–Crippen LogP) is 1.39. The zero-order chi connectivity index (χ0) is 17.0. The third-order valence-electron chi connectivity index (χ3n) is 4.54. The van der Waals surface area contributed by atoms with Crippen LogP contribution in [0.3, 0.4) is 0 Å². The van der Waals surface area contributed by atoms with Gasteiger partial charge in [0.05, 0.1) is 29.6 Å². The maximum absolute atomic E-state index is 13.1. The summed E-state index contributed by atoms with van der Waals surface area (Å²) >= 11 is 0. The number of hydrogen-bond acceptors (Lipinski definition) is 4. The molecule has 1 atom stereocenters. The number of benzene rings is 1. The first-order chi connectivity index (χ1) is 10.6. The van der Waals surface area contributed by atoms with Crippen LogP contribution < -0.4 is 4.90 Å². The molecule has 1 fully saturated rings. The number of rotatable bonds is 2. The van der Waals surface area contributed by atoms with Gasteiger partial charge >= 0.3 is 0 Å². The highest BCUT2D eigenvalue weighted by atomic mass is 32.2. The number of hydrogen-bond donors (Lipinski definition) is 0. The molecule has 126 valence electrons. The van der Waals surface area contributed by atoms with E-state index in [1.807, 2.05) is 20.8 Å². The Labute approximate surface area is 137 Å². The lowest BCUT2D eigenvalue weighted by Gasteiger charge is -2.43. The van der Waals surface area contributed by atoms with Crippen LogP contribution >= 0.6 is 0 Å². The second-order valence-corrected chi connectivity index (χ2v) is 8.75. The maximum Gasteiger partial charge on any atom is 0.243 e. The number of ether oxygens (including phenoxy) is 1. The van der Waals surface area contributed by atoms with E-state index in [0.717, 1.165) is 11.3 Å². The molecule has 0 N–H and O–H groups in total. The van der Waals surface area contributed by atoms with Crippen molar-refractivity contribution in [2.45, 2.75) is 43.7 Å². The van der Waals surface area contributed by atoms with Crippen molar-refractivity contribution in [3.63, 3.8) is 0 Å². The maximum atomic E-state index is 13.1. The minimum absolute atomic E-state index is 0.0186. The fraction of sp³-hybridized carbons (Fsp3) is 0.562. The largest absolute Gasteiger partial charge is 0.375 e. The smallest absolute Gasteiger partial charge is 0.243 e. The molecule has 0 radical (unpaired) electrons. The highest BCUT2D eigenvalue weighted by Gasteiger charge is 2.42. The van der Waals surface area contributed by atoms with Crippen molar-refractivity contribution in [3.05, 3.63) is 23.8 Å². The van der Waals surface area contributed by atoms with E-state index >= 15 is 0 Å². The van der Waals surface area contributed by atoms with Gasteiger partial charge in [0.15, 0.2) is 0 Å². The van der Waals surface area contributed by atoms with Gasteiger partial charge in [0.1, 0.15) is 0 Å². The van der Waals surface area contributed by atoms with Gasteiger partial charge in [0.2, 0.25) is 15.9 Å². The van der Waals surface area contributed by atoms with Gasteiger partial charge in [-0.2, -0.15) is 4.31 Å². The second kappa shape index (κ2) is 5.29. The van der Waals surface area contributed by atoms with Crippen molar-refractivity contribution < 1.29 is 17.9 Å². The minimum atomic E-state index is -3.64. The van der Waals surface area contributed by atoms with Gasteiger partial charge < -0.3 is 9.64 Å². The van der Waals surface area contributed by atoms with Gasteiger partial charge in [-0.15, -0.1) is 0 Å². The van der Waals surface area contributed by atoms with Gasteiger partial charge in [-0.3, -0.25) is 4.79 Å². The Hall–Kier alpha value is -1.44. The van der Waals surface area contributed by atoms with E-state index in [-0.39, 0.29) is 23.3 Å². The molecule has 0 aliphatic carbocycles. The molecule has 7 heteroatoms. The Balaban J connectivity index is 2.01. The number of amides is 1. The summed E-state index contributed by atoms with van der Waals surface area (Å²) in [5.74, 6) is -0.0186. The number of anilines is 1. The SMILES string of the molecule is C[C@H]1CN(S(=O)(=O)c2ccc3c(c2)CC(=O)N3C)C(C)(C)CO1. The minimum Gasteiger partial charge on any atom is -0.375 e. The Bertz CT molecular complexity index is 757. The zero-order valence-corrected chi connectivity index (χ0v) is 14.7. The highest BCUT2D eigenvalue weighted by molar-refractivity contribution is 7.89. The van der Waals surface area contributed by atoms with E-state index in [1.165, 1.54) is 4.31 Å². The van der Waals surface area contributed by atoms with Crippen molar-refractivity contribution in [1.82, 2.24) is 4.31 Å². The fourth-order valence-electron chi connectivity index (χ4n) is 3.11. The van der Waals surface area contributed by atoms with Gasteiger partial charge in [0.25, 0.3) is 0 Å². The van der Waals surface area contributed by atoms with Gasteiger partial charge in [-0.25, -0.2) is 8.42 Å². The molecule has 0 aromatic heterocycles. The molecule has 2 aliphatic heterocycles. The summed E-state index contributed by atoms with van der Waals surface area (Å²) in [5.41, 5.74) is 0.943. The van der Waals surface area contributed by atoms with Crippen molar-refractivity contribution in [2.75, 3.05) is 25.1 Å². The van der Waals surface area contributed by atoms with Crippen LogP contribution in [0.2, 0.25) is 0 Å². The molecule has 1 aromatic carbocycles. The molecule has 1 aromatic rings. The Morgan fingerprint density at radius 1 is 1.30 bits per heavy atom. The number of carbonyl (C=O) groups is 1. The van der Waals surface area contributed by atoms with Crippen LogP contribution in [0.4, 0.5) is 5.69 Å². The number of morpholine rings is 1. The lowest BCUT2D eigenvalue weighted by molar-refractivity contribution is -0.117. The molecule has 0 saturated carbocycles. The predicted molar refractivity (Wildman–Crippen MR) is 86.9 cm³/mol. The van der Waals surface area contributed by atoms with Crippen molar-refractivity contribution in [3.8, 4) is 0 Å². The molecule has 0 bridgehead atoms. The van der Waals surface area contributed by atoms with Gasteiger partial charge in [-0.1, -0.05) is 0 Å². The molecule has 1 saturated heterocycles. The van der Waals surface area contributed by atoms with E-state index in [0.29, 0.717) is 13.2 Å². The summed E-state index contributed by atoms with van der Waals surface area (Å²) in [4.78, 5) is 13.6. The highest BCUT2D eigenvalue weighted by Crippen LogP contribution is 2.33. The summed E-state index contributed by atoms with van der Waals surface area (Å²) in [5, 5.41) is 0. The summed E-state index contributed by atoms with van der Waals surface area (Å²) in [6, 6.07) is 4.92. The fourth-order valence-corrected chi connectivity index (χ4v) is 5.00. The quantitative estimate of drug-likeness (QED) is 0.817. The van der Waals surface area contributed by atoms with Crippen LogP contribution in [0, 0.1) is 0 Å². The topological polar surface area (TPSA) is 66.9 Å². The summed E-state index contributed by atoms with van der Waals surface area (Å²) in [7, 11) is -1.93. The molecule has 1 amide bonds. The van der Waals surface area contributed by atoms with Crippen molar-refractivity contribution in [1.29, 1.82) is 0 Å². The molecule has 23 heavy (non-hydrogen) atoms. The van der Waals surface area contributed by atoms with Crippen LogP contribution in [0.5, 0.6) is 0 Å². The Kier molecular flexibility index (Phi) is 3.78. The van der Waals surface area contributed by atoms with Crippen LogP contribution in [0.15, 0.2) is 23.1 Å². The molecule has 3 rings (SSSR count). The number of fused-ring (bicyclic) bond motifs is 1. The molecular formula is C16H22N2O4S. The van der Waals surface area contributed by atoms with E-state index < -0.39 is 15.6 Å². The molecule has 0 unspecified atom stereocenters. The summed E-state index contributed by atoms with van der Waals surface area (Å²) < 4.78 is 33.3. The van der Waals surface area contributed by atoms with Crippen LogP contribution in [-0.2, 0) is 26.0 Å². The van der Waals surface area contributed by atoms with Crippen LogP contribution in [0.1, 0.15) is 26.3 Å². The van der Waals surface area contributed by atoms with E-state index in [2.05, 4.69) is 0 Å². The first kappa shape index (κ1) is 16.4. The number of likely N-dealkylation sites (N-methyl/N-ethyl adjacent to an activating group) is 1. The summed E-state index contributed by atoms with van der Waals surface area (Å²) in [6.07, 6.45) is 0.109. The summed E-state index contributed by atoms with van der Waals surface area (Å²) in [6.45, 7) is 6.28. The van der Waals surface area contributed by atoms with Gasteiger partial charge in [-0.05, 0) is 44.5 Å². The lowest BCUT2D eigenvalue weighted by atomic mass is 10.1. The molecule has 2 aliphatic rings. The van der Waals surface area contributed by atoms with E-state index in [9.17, 15) is 13.2 Å². The zero-order valence-electron chi connectivity index (χ0n) is 13.9. The third-order valence-corrected chi connectivity index (χ3v) is 6.61. The lowest BCUT2D eigenvalue weighted by Crippen LogP contribution is -2.57.